The predicted octanol–water partition coefficient (Wildman–Crippen LogP) is 5.01. The van der Waals surface area contributed by atoms with Crippen LogP contribution in [0.2, 0.25) is 0 Å². The van der Waals surface area contributed by atoms with Gasteiger partial charge in [0.25, 0.3) is 0 Å². The van der Waals surface area contributed by atoms with E-state index in [9.17, 15) is 13.9 Å². The van der Waals surface area contributed by atoms with E-state index in [1.807, 2.05) is 45.3 Å². The molecule has 0 unspecified atom stereocenters. The molecule has 0 amide bonds. The van der Waals surface area contributed by atoms with Crippen LogP contribution in [-0.2, 0) is 0 Å². The number of aryl methyl sites for hydroxylation is 1. The number of hydrogen-bond acceptors (Lipinski definition) is 7. The summed E-state index contributed by atoms with van der Waals surface area (Å²) >= 11 is 0. The van der Waals surface area contributed by atoms with E-state index in [0.717, 1.165) is 25.0 Å². The van der Waals surface area contributed by atoms with Gasteiger partial charge in [-0.05, 0) is 58.9 Å². The maximum atomic E-state index is 14.9. The van der Waals surface area contributed by atoms with E-state index in [1.165, 1.54) is 6.07 Å². The number of nitrogens with zero attached hydrogens (tertiary/aromatic N) is 6. The molecule has 1 aliphatic heterocycles. The molecule has 10 heteroatoms. The molecule has 1 aliphatic rings. The van der Waals surface area contributed by atoms with E-state index < -0.39 is 17.2 Å². The highest BCUT2D eigenvalue weighted by Gasteiger charge is 2.37. The SMILES string of the molecule is Cc1nc2c(F)cc(-c3nc(Nc4ccc(N5CC(C(C)(C)O)C5)cn4)ncc3F)cc2n1C(C)C. The molecule has 0 radical (unpaired) electrons. The van der Waals surface area contributed by atoms with Gasteiger partial charge < -0.3 is 19.9 Å². The number of fused-ring (bicyclic) bond motifs is 1. The third-order valence-corrected chi connectivity index (χ3v) is 6.69. The van der Waals surface area contributed by atoms with Gasteiger partial charge in [0.1, 0.15) is 22.9 Å². The molecule has 0 saturated carbocycles. The van der Waals surface area contributed by atoms with Crippen molar-refractivity contribution in [2.45, 2.75) is 46.3 Å². The van der Waals surface area contributed by atoms with Gasteiger partial charge in [-0.15, -0.1) is 0 Å². The number of nitrogens with one attached hydrogen (secondary N) is 1. The largest absolute Gasteiger partial charge is 0.390 e. The van der Waals surface area contributed by atoms with E-state index in [2.05, 4.69) is 30.2 Å². The molecule has 36 heavy (non-hydrogen) atoms. The van der Waals surface area contributed by atoms with Crippen molar-refractivity contribution >= 4 is 28.5 Å². The van der Waals surface area contributed by atoms with Crippen molar-refractivity contribution in [3.8, 4) is 11.3 Å². The summed E-state index contributed by atoms with van der Waals surface area (Å²) < 4.78 is 31.6. The molecule has 1 aromatic carbocycles. The summed E-state index contributed by atoms with van der Waals surface area (Å²) in [5.74, 6) is 0.345. The minimum Gasteiger partial charge on any atom is -0.390 e. The number of pyridine rings is 1. The zero-order chi connectivity index (χ0) is 25.8. The van der Waals surface area contributed by atoms with Crippen LogP contribution in [0, 0.1) is 24.5 Å². The summed E-state index contributed by atoms with van der Waals surface area (Å²) in [5, 5.41) is 13.1. The third-order valence-electron chi connectivity index (χ3n) is 6.69. The van der Waals surface area contributed by atoms with E-state index in [4.69, 9.17) is 0 Å². The van der Waals surface area contributed by atoms with E-state index in [1.54, 1.807) is 18.3 Å². The van der Waals surface area contributed by atoms with E-state index in [0.29, 0.717) is 22.7 Å². The Kier molecular flexibility index (Phi) is 5.86. The lowest BCUT2D eigenvalue weighted by atomic mass is 9.84. The van der Waals surface area contributed by atoms with Crippen molar-refractivity contribution in [2.24, 2.45) is 5.92 Å². The molecule has 1 saturated heterocycles. The Morgan fingerprint density at radius 1 is 1.06 bits per heavy atom. The number of halogens is 2. The Labute approximate surface area is 208 Å². The number of imidazole rings is 1. The Hall–Kier alpha value is -3.66. The van der Waals surface area contributed by atoms with Gasteiger partial charge in [-0.1, -0.05) is 0 Å². The minimum atomic E-state index is -0.705. The first-order chi connectivity index (χ1) is 17.0. The number of anilines is 3. The molecule has 188 valence electrons. The van der Waals surface area contributed by atoms with Crippen LogP contribution in [0.25, 0.3) is 22.3 Å². The smallest absolute Gasteiger partial charge is 0.229 e. The predicted molar refractivity (Wildman–Crippen MR) is 135 cm³/mol. The van der Waals surface area contributed by atoms with E-state index >= 15 is 0 Å². The summed E-state index contributed by atoms with van der Waals surface area (Å²) in [7, 11) is 0. The molecule has 0 aliphatic carbocycles. The molecule has 8 nitrogen and oxygen atoms in total. The van der Waals surface area contributed by atoms with Crippen molar-refractivity contribution < 1.29 is 13.9 Å². The normalized spacial score (nSPS) is 14.5. The van der Waals surface area contributed by atoms with Gasteiger partial charge >= 0.3 is 0 Å². The van der Waals surface area contributed by atoms with Crippen molar-refractivity contribution in [2.75, 3.05) is 23.3 Å². The third kappa shape index (κ3) is 4.37. The fraction of sp³-hybridized carbons (Fsp3) is 0.385. The molecule has 4 aromatic rings. The topological polar surface area (TPSA) is 92.0 Å². The van der Waals surface area contributed by atoms with Crippen LogP contribution in [-0.4, -0.2) is 48.3 Å². The standard InChI is InChI=1S/C26H29F2N7O/c1-14(2)35-15(3)31-24-19(27)8-16(9-21(24)35)23-20(28)11-30-25(33-23)32-22-7-6-18(10-29-22)34-12-17(13-34)26(4,5)36/h6-11,14,17,36H,12-13H2,1-5H3,(H,29,30,32,33). The monoisotopic (exact) mass is 493 g/mol. The van der Waals surface area contributed by atoms with Crippen LogP contribution in [0.1, 0.15) is 39.6 Å². The number of rotatable bonds is 6. The number of hydrogen-bond donors (Lipinski definition) is 2. The van der Waals surface area contributed by atoms with Crippen molar-refractivity contribution in [1.29, 1.82) is 0 Å². The molecule has 1 fully saturated rings. The van der Waals surface area contributed by atoms with Gasteiger partial charge in [-0.25, -0.2) is 28.7 Å². The zero-order valence-corrected chi connectivity index (χ0v) is 20.9. The second-order valence-electron chi connectivity index (χ2n) is 10.1. The average molecular weight is 494 g/mol. The van der Waals surface area contributed by atoms with Gasteiger partial charge in [0, 0.05) is 30.6 Å². The summed E-state index contributed by atoms with van der Waals surface area (Å²) in [5.41, 5.74) is 1.36. The Morgan fingerprint density at radius 2 is 1.81 bits per heavy atom. The quantitative estimate of drug-likeness (QED) is 0.390. The summed E-state index contributed by atoms with van der Waals surface area (Å²) in [4.78, 5) is 19.2. The highest BCUT2D eigenvalue weighted by atomic mass is 19.1. The lowest BCUT2D eigenvalue weighted by molar-refractivity contribution is 0.00458. The summed E-state index contributed by atoms with van der Waals surface area (Å²) in [6.07, 6.45) is 2.79. The molecule has 0 spiro atoms. The molecule has 3 aromatic heterocycles. The molecule has 0 atom stereocenters. The molecular formula is C26H29F2N7O. The average Bonchev–Trinajstić information content (AvgIpc) is 3.11. The number of aromatic nitrogens is 5. The fourth-order valence-corrected chi connectivity index (χ4v) is 4.59. The Balaban J connectivity index is 1.39. The number of benzene rings is 1. The van der Waals surface area contributed by atoms with E-state index in [-0.39, 0.29) is 29.1 Å². The van der Waals surface area contributed by atoms with Crippen molar-refractivity contribution in [1.82, 2.24) is 24.5 Å². The van der Waals surface area contributed by atoms with Crippen LogP contribution in [0.5, 0.6) is 0 Å². The highest BCUT2D eigenvalue weighted by Crippen LogP contribution is 2.32. The molecular weight excluding hydrogens is 464 g/mol. The van der Waals surface area contributed by atoms with Crippen LogP contribution in [0.3, 0.4) is 0 Å². The molecule has 0 bridgehead atoms. The lowest BCUT2D eigenvalue weighted by Crippen LogP contribution is -2.55. The Bertz CT molecular complexity index is 1420. The van der Waals surface area contributed by atoms with Gasteiger partial charge in [-0.3, -0.25) is 0 Å². The van der Waals surface area contributed by atoms with Crippen LogP contribution in [0.15, 0.2) is 36.7 Å². The maximum absolute atomic E-state index is 14.9. The van der Waals surface area contributed by atoms with Crippen molar-refractivity contribution in [3.05, 3.63) is 54.1 Å². The molecule has 5 rings (SSSR count). The van der Waals surface area contributed by atoms with Gasteiger partial charge in [-0.2, -0.15) is 0 Å². The van der Waals surface area contributed by atoms with Gasteiger partial charge in [0.2, 0.25) is 5.95 Å². The first-order valence-electron chi connectivity index (χ1n) is 11.9. The summed E-state index contributed by atoms with van der Waals surface area (Å²) in [6.45, 7) is 11.0. The second kappa shape index (κ2) is 8.77. The second-order valence-corrected chi connectivity index (χ2v) is 10.1. The molecule has 2 N–H and O–H groups in total. The first kappa shape index (κ1) is 24.1. The first-order valence-corrected chi connectivity index (χ1v) is 11.9. The van der Waals surface area contributed by atoms with Crippen molar-refractivity contribution in [3.63, 3.8) is 0 Å². The van der Waals surface area contributed by atoms with Gasteiger partial charge in [0.15, 0.2) is 11.6 Å². The highest BCUT2D eigenvalue weighted by molar-refractivity contribution is 5.83. The maximum Gasteiger partial charge on any atom is 0.229 e. The minimum absolute atomic E-state index is 0.0164. The fourth-order valence-electron chi connectivity index (χ4n) is 4.59. The summed E-state index contributed by atoms with van der Waals surface area (Å²) in [6, 6.07) is 6.71. The number of aliphatic hydroxyl groups is 1. The molecule has 4 heterocycles. The van der Waals surface area contributed by atoms with Crippen LogP contribution >= 0.6 is 0 Å². The van der Waals surface area contributed by atoms with Crippen LogP contribution < -0.4 is 10.2 Å². The lowest BCUT2D eigenvalue weighted by Gasteiger charge is -2.46. The zero-order valence-electron chi connectivity index (χ0n) is 20.9. The van der Waals surface area contributed by atoms with Crippen LogP contribution in [0.4, 0.5) is 26.2 Å². The van der Waals surface area contributed by atoms with Gasteiger partial charge in [0.05, 0.1) is 29.2 Å². The Morgan fingerprint density at radius 3 is 2.44 bits per heavy atom.